The molecule has 4 nitrogen and oxygen atoms in total. The Hall–Kier alpha value is -1.69. The molecule has 19 heavy (non-hydrogen) atoms. The van der Waals surface area contributed by atoms with Crippen molar-refractivity contribution in [3.05, 3.63) is 23.8 Å². The summed E-state index contributed by atoms with van der Waals surface area (Å²) in [5.74, 6) is -1.04. The van der Waals surface area contributed by atoms with Gasteiger partial charge in [0.15, 0.2) is 5.82 Å². The molecule has 1 aromatic heterocycles. The molecule has 1 unspecified atom stereocenters. The molecule has 1 aliphatic heterocycles. The van der Waals surface area contributed by atoms with Crippen LogP contribution in [-0.2, 0) is 6.54 Å². The van der Waals surface area contributed by atoms with Crippen LogP contribution in [0, 0.1) is 11.6 Å². The highest BCUT2D eigenvalue weighted by molar-refractivity contribution is 5.79. The molecule has 1 aliphatic rings. The topological polar surface area (TPSA) is 47.1 Å². The fraction of sp³-hybridized carbons (Fsp3) is 0.462. The molecule has 1 aromatic carbocycles. The van der Waals surface area contributed by atoms with Crippen molar-refractivity contribution in [3.63, 3.8) is 0 Å². The van der Waals surface area contributed by atoms with Gasteiger partial charge in [-0.05, 0) is 26.4 Å². The first kappa shape index (κ1) is 12.3. The average Bonchev–Trinajstić information content (AvgIpc) is 2.87. The zero-order valence-electron chi connectivity index (χ0n) is 10.7. The summed E-state index contributed by atoms with van der Waals surface area (Å²) in [6.07, 6.45) is 2.20. The van der Waals surface area contributed by atoms with Crippen molar-refractivity contribution in [3.8, 4) is 0 Å². The molecule has 1 fully saturated rings. The van der Waals surface area contributed by atoms with Crippen molar-refractivity contribution in [2.75, 3.05) is 19.3 Å². The molecule has 102 valence electrons. The number of anilines is 1. The number of halogens is 2. The van der Waals surface area contributed by atoms with Gasteiger partial charge in [0.05, 0.1) is 5.52 Å². The highest BCUT2D eigenvalue weighted by Gasteiger charge is 2.23. The van der Waals surface area contributed by atoms with Crippen molar-refractivity contribution in [1.82, 2.24) is 14.5 Å². The Morgan fingerprint density at radius 3 is 2.89 bits per heavy atom. The van der Waals surface area contributed by atoms with Gasteiger partial charge in [-0.2, -0.15) is 0 Å². The Morgan fingerprint density at radius 1 is 1.42 bits per heavy atom. The Balaban J connectivity index is 2.05. The van der Waals surface area contributed by atoms with E-state index in [-0.39, 0.29) is 11.5 Å². The summed E-state index contributed by atoms with van der Waals surface area (Å²) < 4.78 is 28.7. The van der Waals surface area contributed by atoms with E-state index in [9.17, 15) is 8.78 Å². The molecule has 3 rings (SSSR count). The van der Waals surface area contributed by atoms with Crippen LogP contribution < -0.4 is 5.73 Å². The van der Waals surface area contributed by atoms with E-state index in [1.54, 1.807) is 4.57 Å². The Kier molecular flexibility index (Phi) is 2.89. The third-order valence-corrected chi connectivity index (χ3v) is 3.87. The summed E-state index contributed by atoms with van der Waals surface area (Å²) in [6, 6.07) is 2.46. The number of fused-ring (bicyclic) bond motifs is 1. The minimum Gasteiger partial charge on any atom is -0.369 e. The third kappa shape index (κ3) is 2.06. The lowest BCUT2D eigenvalue weighted by atomic mass is 10.2. The van der Waals surface area contributed by atoms with E-state index in [1.807, 2.05) is 7.05 Å². The van der Waals surface area contributed by atoms with Crippen LogP contribution in [0.25, 0.3) is 11.0 Å². The van der Waals surface area contributed by atoms with Crippen LogP contribution in [0.3, 0.4) is 0 Å². The summed E-state index contributed by atoms with van der Waals surface area (Å²) in [6.45, 7) is 1.65. The van der Waals surface area contributed by atoms with Crippen molar-refractivity contribution < 1.29 is 8.78 Å². The number of hydrogen-bond donors (Lipinski definition) is 1. The minimum atomic E-state index is -0.666. The zero-order chi connectivity index (χ0) is 13.6. The summed E-state index contributed by atoms with van der Waals surface area (Å²) in [4.78, 5) is 6.24. The summed E-state index contributed by atoms with van der Waals surface area (Å²) in [7, 11) is 2.05. The van der Waals surface area contributed by atoms with Crippen LogP contribution in [0.2, 0.25) is 0 Å². The van der Waals surface area contributed by atoms with E-state index >= 15 is 0 Å². The van der Waals surface area contributed by atoms with Crippen LogP contribution in [-0.4, -0.2) is 34.1 Å². The minimum absolute atomic E-state index is 0.138. The molecular formula is C13H16F2N4. The summed E-state index contributed by atoms with van der Waals surface area (Å²) in [5, 5.41) is 0. The van der Waals surface area contributed by atoms with Crippen LogP contribution in [0.1, 0.15) is 12.8 Å². The predicted octanol–water partition coefficient (Wildman–Crippen LogP) is 1.99. The van der Waals surface area contributed by atoms with E-state index < -0.39 is 11.6 Å². The highest BCUT2D eigenvalue weighted by Crippen LogP contribution is 2.25. The van der Waals surface area contributed by atoms with Gasteiger partial charge in [-0.25, -0.2) is 13.8 Å². The molecule has 2 heterocycles. The normalized spacial score (nSPS) is 20.5. The molecule has 0 spiro atoms. The Morgan fingerprint density at radius 2 is 2.21 bits per heavy atom. The average molecular weight is 266 g/mol. The molecular weight excluding hydrogens is 250 g/mol. The molecule has 0 amide bonds. The smallest absolute Gasteiger partial charge is 0.201 e. The number of likely N-dealkylation sites (tertiary alicyclic amines) is 1. The number of nitrogens with zero attached hydrogens (tertiary/aromatic N) is 3. The standard InChI is InChI=1S/C13H16F2N4/c1-18-4-2-3-9(18)7-19-11-6-8(14)5-10(15)12(11)17-13(19)16/h5-6,9H,2-4,7H2,1H3,(H2,16,17). The molecule has 2 aromatic rings. The molecule has 2 N–H and O–H groups in total. The number of imidazole rings is 1. The molecule has 1 saturated heterocycles. The quantitative estimate of drug-likeness (QED) is 0.904. The molecule has 0 aliphatic carbocycles. The Bertz CT molecular complexity index is 623. The van der Waals surface area contributed by atoms with Gasteiger partial charge in [0.25, 0.3) is 0 Å². The van der Waals surface area contributed by atoms with Gasteiger partial charge >= 0.3 is 0 Å². The fourth-order valence-electron chi connectivity index (χ4n) is 2.78. The number of aromatic nitrogens is 2. The van der Waals surface area contributed by atoms with Crippen LogP contribution in [0.4, 0.5) is 14.7 Å². The van der Waals surface area contributed by atoms with Crippen LogP contribution in [0.15, 0.2) is 12.1 Å². The SMILES string of the molecule is CN1CCCC1Cn1c(N)nc2c(F)cc(F)cc21. The van der Waals surface area contributed by atoms with Gasteiger partial charge in [0.1, 0.15) is 11.3 Å². The molecule has 0 bridgehead atoms. The van der Waals surface area contributed by atoms with E-state index in [2.05, 4.69) is 9.88 Å². The van der Waals surface area contributed by atoms with Gasteiger partial charge in [-0.15, -0.1) is 0 Å². The second-order valence-corrected chi connectivity index (χ2v) is 5.11. The lowest BCUT2D eigenvalue weighted by molar-refractivity contribution is 0.285. The van der Waals surface area contributed by atoms with Gasteiger partial charge in [-0.3, -0.25) is 0 Å². The second-order valence-electron chi connectivity index (χ2n) is 5.11. The van der Waals surface area contributed by atoms with E-state index in [1.165, 1.54) is 6.07 Å². The molecule has 0 saturated carbocycles. The first-order chi connectivity index (χ1) is 9.06. The first-order valence-electron chi connectivity index (χ1n) is 6.37. The van der Waals surface area contributed by atoms with E-state index in [4.69, 9.17) is 5.73 Å². The lowest BCUT2D eigenvalue weighted by Crippen LogP contribution is -2.29. The number of nitrogens with two attached hydrogens (primary N) is 1. The van der Waals surface area contributed by atoms with Crippen LogP contribution in [0.5, 0.6) is 0 Å². The van der Waals surface area contributed by atoms with Crippen molar-refractivity contribution in [2.24, 2.45) is 0 Å². The molecule has 0 radical (unpaired) electrons. The maximum atomic E-state index is 13.6. The predicted molar refractivity (Wildman–Crippen MR) is 69.7 cm³/mol. The molecule has 6 heteroatoms. The van der Waals surface area contributed by atoms with Crippen LogP contribution >= 0.6 is 0 Å². The van der Waals surface area contributed by atoms with Crippen molar-refractivity contribution >= 4 is 17.0 Å². The van der Waals surface area contributed by atoms with Gasteiger partial charge in [0, 0.05) is 24.7 Å². The second kappa shape index (κ2) is 4.45. The number of likely N-dealkylation sites (N-methyl/N-ethyl adjacent to an activating group) is 1. The Labute approximate surface area is 109 Å². The highest BCUT2D eigenvalue weighted by atomic mass is 19.1. The van der Waals surface area contributed by atoms with E-state index in [0.29, 0.717) is 18.1 Å². The number of nitrogen functional groups attached to an aromatic ring is 1. The fourth-order valence-corrected chi connectivity index (χ4v) is 2.78. The molecule has 1 atom stereocenters. The summed E-state index contributed by atoms with van der Waals surface area (Å²) in [5.41, 5.74) is 6.40. The lowest BCUT2D eigenvalue weighted by Gasteiger charge is -2.20. The third-order valence-electron chi connectivity index (χ3n) is 3.87. The van der Waals surface area contributed by atoms with E-state index in [0.717, 1.165) is 25.5 Å². The van der Waals surface area contributed by atoms with Crippen molar-refractivity contribution in [1.29, 1.82) is 0 Å². The van der Waals surface area contributed by atoms with Crippen molar-refractivity contribution in [2.45, 2.75) is 25.4 Å². The first-order valence-corrected chi connectivity index (χ1v) is 6.37. The summed E-state index contributed by atoms with van der Waals surface area (Å²) >= 11 is 0. The van der Waals surface area contributed by atoms with Gasteiger partial charge in [0.2, 0.25) is 5.95 Å². The number of rotatable bonds is 2. The zero-order valence-corrected chi connectivity index (χ0v) is 10.7. The van der Waals surface area contributed by atoms with Gasteiger partial charge in [-0.1, -0.05) is 0 Å². The monoisotopic (exact) mass is 266 g/mol. The number of hydrogen-bond acceptors (Lipinski definition) is 3. The maximum absolute atomic E-state index is 13.6. The van der Waals surface area contributed by atoms with Gasteiger partial charge < -0.3 is 15.2 Å². The maximum Gasteiger partial charge on any atom is 0.201 e. The number of benzene rings is 1. The largest absolute Gasteiger partial charge is 0.369 e.